The van der Waals surface area contributed by atoms with E-state index in [0.717, 1.165) is 0 Å². The zero-order valence-corrected chi connectivity index (χ0v) is 2.25. The normalized spacial score (nSPS) is 12.0. The molecule has 0 spiro atoms. The molecule has 3 N–H and O–H groups in total. The van der Waals surface area contributed by atoms with Gasteiger partial charge in [0.1, 0.15) is 0 Å². The maximum Gasteiger partial charge on any atom is 0.432 e. The summed E-state index contributed by atoms with van der Waals surface area (Å²) < 4.78 is 0. The van der Waals surface area contributed by atoms with Gasteiger partial charge in [-0.15, -0.1) is 5.11 Å². The Morgan fingerprint density at radius 1 is 1.20 bits per heavy atom. The first-order valence-electron chi connectivity index (χ1n) is 0.875. The van der Waals surface area contributed by atoms with Crippen molar-refractivity contribution in [3.8, 4) is 0 Å². The fourth-order valence-corrected chi connectivity index (χ4v) is 0. The van der Waals surface area contributed by atoms with Crippen LogP contribution in [-0.2, 0) is 5.11 Å². The number of rotatable bonds is 0. The zero-order chi connectivity index (χ0) is 4.50. The van der Waals surface area contributed by atoms with Crippen molar-refractivity contribution in [1.82, 2.24) is 0 Å². The van der Waals surface area contributed by atoms with Crippen molar-refractivity contribution in [1.29, 1.82) is 0 Å². The Bertz CT molecular complexity index is 19.1. The third-order valence-corrected chi connectivity index (χ3v) is 0. The van der Waals surface area contributed by atoms with E-state index in [1.807, 2.05) is 0 Å². The van der Waals surface area contributed by atoms with Crippen molar-refractivity contribution in [2.75, 3.05) is 0 Å². The molecule has 0 amide bonds. The molecule has 31 valence electrons. The molecule has 0 aliphatic carbocycles. The molecular formula is CH3O4. The third-order valence-electron chi connectivity index (χ3n) is 0. The molecule has 0 rings (SSSR count). The summed E-state index contributed by atoms with van der Waals surface area (Å²) in [5, 5.41) is 30.0. The van der Waals surface area contributed by atoms with Crippen LogP contribution in [0.25, 0.3) is 0 Å². The van der Waals surface area contributed by atoms with Crippen LogP contribution in [-0.4, -0.2) is 21.5 Å². The Morgan fingerprint density at radius 3 is 1.20 bits per heavy atom. The summed E-state index contributed by atoms with van der Waals surface area (Å²) >= 11 is 0. The van der Waals surface area contributed by atoms with Gasteiger partial charge in [0.25, 0.3) is 0 Å². The SMILES string of the molecule is [O]C(O)(O)O. The van der Waals surface area contributed by atoms with E-state index in [1.165, 1.54) is 0 Å². The quantitative estimate of drug-likeness (QED) is 0.294. The van der Waals surface area contributed by atoms with E-state index in [2.05, 4.69) is 0 Å². The van der Waals surface area contributed by atoms with E-state index in [9.17, 15) is 0 Å². The van der Waals surface area contributed by atoms with Gasteiger partial charge in [-0.2, -0.15) is 0 Å². The highest BCUT2D eigenvalue weighted by atomic mass is 16.8. The van der Waals surface area contributed by atoms with Gasteiger partial charge in [-0.05, 0) is 0 Å². The lowest BCUT2D eigenvalue weighted by Crippen LogP contribution is -2.23. The summed E-state index contributed by atoms with van der Waals surface area (Å²) in [6.45, 7) is 0. The van der Waals surface area contributed by atoms with Crippen LogP contribution >= 0.6 is 0 Å². The van der Waals surface area contributed by atoms with Gasteiger partial charge in [0.15, 0.2) is 0 Å². The molecule has 0 heterocycles. The lowest BCUT2D eigenvalue weighted by atomic mass is 11.2. The van der Waals surface area contributed by atoms with Gasteiger partial charge in [-0.25, -0.2) is 0 Å². The molecule has 1 radical (unpaired) electrons. The molecule has 0 saturated carbocycles. The first-order valence-corrected chi connectivity index (χ1v) is 0.875. The smallest absolute Gasteiger partial charge is 0.317 e. The Balaban J connectivity index is 3.02. The van der Waals surface area contributed by atoms with Crippen molar-refractivity contribution < 1.29 is 20.4 Å². The molecule has 0 aromatic carbocycles. The molecule has 0 atom stereocenters. The Hall–Kier alpha value is -0.160. The fraction of sp³-hybridized carbons (Fsp3) is 1.00. The monoisotopic (exact) mass is 79.0 g/mol. The van der Waals surface area contributed by atoms with Crippen molar-refractivity contribution in [2.45, 2.75) is 6.16 Å². The summed E-state index contributed by atoms with van der Waals surface area (Å²) in [7, 11) is 0. The van der Waals surface area contributed by atoms with Crippen molar-refractivity contribution >= 4 is 0 Å². The van der Waals surface area contributed by atoms with Crippen LogP contribution in [0.2, 0.25) is 0 Å². The molecule has 4 nitrogen and oxygen atoms in total. The minimum absolute atomic E-state index is 3.75. The first kappa shape index (κ1) is 4.84. The van der Waals surface area contributed by atoms with Crippen LogP contribution in [0.5, 0.6) is 0 Å². The average Bonchev–Trinajstić information content (AvgIpc) is 0.722. The highest BCUT2D eigenvalue weighted by molar-refractivity contribution is 3.98. The van der Waals surface area contributed by atoms with Gasteiger partial charge in [-0.1, -0.05) is 0 Å². The van der Waals surface area contributed by atoms with Crippen LogP contribution in [0.4, 0.5) is 0 Å². The van der Waals surface area contributed by atoms with Gasteiger partial charge in [0.2, 0.25) is 0 Å². The van der Waals surface area contributed by atoms with E-state index >= 15 is 0 Å². The minimum atomic E-state index is -3.75. The van der Waals surface area contributed by atoms with E-state index in [0.29, 0.717) is 0 Å². The summed E-state index contributed by atoms with van der Waals surface area (Å²) in [6, 6.07) is 0. The summed E-state index contributed by atoms with van der Waals surface area (Å²) in [5.74, 6) is 0. The first-order chi connectivity index (χ1) is 2.00. The summed E-state index contributed by atoms with van der Waals surface area (Å²) in [6.07, 6.45) is -3.75. The summed E-state index contributed by atoms with van der Waals surface area (Å²) in [5.41, 5.74) is 0. The maximum atomic E-state index is 8.77. The summed E-state index contributed by atoms with van der Waals surface area (Å²) in [4.78, 5) is 0. The van der Waals surface area contributed by atoms with Crippen LogP contribution in [0, 0.1) is 0 Å². The highest BCUT2D eigenvalue weighted by Crippen LogP contribution is 1.78. The molecule has 0 bridgehead atoms. The fourth-order valence-electron chi connectivity index (χ4n) is 0. The average molecular weight is 79.0 g/mol. The van der Waals surface area contributed by atoms with Gasteiger partial charge >= 0.3 is 6.16 Å². The lowest BCUT2D eigenvalue weighted by Gasteiger charge is -1.95. The van der Waals surface area contributed by atoms with E-state index < -0.39 is 6.16 Å². The second-order valence-electron chi connectivity index (χ2n) is 0.574. The maximum absolute atomic E-state index is 8.77. The molecule has 5 heavy (non-hydrogen) atoms. The molecule has 4 heteroatoms. The van der Waals surface area contributed by atoms with E-state index in [1.54, 1.807) is 0 Å². The Kier molecular flexibility index (Phi) is 0.879. The molecule has 0 aliphatic rings. The zero-order valence-electron chi connectivity index (χ0n) is 2.25. The van der Waals surface area contributed by atoms with Crippen molar-refractivity contribution in [2.24, 2.45) is 0 Å². The minimum Gasteiger partial charge on any atom is -0.317 e. The molecule has 0 saturated heterocycles. The van der Waals surface area contributed by atoms with Gasteiger partial charge in [0.05, 0.1) is 0 Å². The van der Waals surface area contributed by atoms with Gasteiger partial charge < -0.3 is 15.3 Å². The number of hydrogen-bond donors (Lipinski definition) is 3. The van der Waals surface area contributed by atoms with Gasteiger partial charge in [-0.3, -0.25) is 0 Å². The molecular weight excluding hydrogens is 76.0 g/mol. The van der Waals surface area contributed by atoms with Crippen LogP contribution < -0.4 is 0 Å². The lowest BCUT2D eigenvalue weighted by molar-refractivity contribution is -0.463. The van der Waals surface area contributed by atoms with Crippen molar-refractivity contribution in [3.05, 3.63) is 0 Å². The Labute approximate surface area is 27.9 Å². The van der Waals surface area contributed by atoms with Gasteiger partial charge in [0, 0.05) is 0 Å². The molecule has 0 aromatic rings. The highest BCUT2D eigenvalue weighted by Gasteiger charge is 2.11. The largest absolute Gasteiger partial charge is 0.432 e. The molecule has 0 fully saturated rings. The van der Waals surface area contributed by atoms with E-state index in [4.69, 9.17) is 20.4 Å². The van der Waals surface area contributed by atoms with Crippen molar-refractivity contribution in [3.63, 3.8) is 0 Å². The predicted octanol–water partition coefficient (Wildman–Crippen LogP) is -1.99. The van der Waals surface area contributed by atoms with Crippen LogP contribution in [0.1, 0.15) is 0 Å². The molecule has 0 aromatic heterocycles. The second kappa shape index (κ2) is 0.908. The third kappa shape index (κ3) is 508. The van der Waals surface area contributed by atoms with Crippen LogP contribution in [0.3, 0.4) is 0 Å². The molecule has 0 aliphatic heterocycles. The van der Waals surface area contributed by atoms with Crippen LogP contribution in [0.15, 0.2) is 0 Å². The topological polar surface area (TPSA) is 80.6 Å². The molecule has 0 unspecified atom stereocenters. The standard InChI is InChI=1S/CH3O4/c2-1(3,4)5/h2-4H. The predicted molar refractivity (Wildman–Crippen MR) is 10.1 cm³/mol. The second-order valence-corrected chi connectivity index (χ2v) is 0.574. The Morgan fingerprint density at radius 2 is 1.20 bits per heavy atom. The number of hydrogen-bond acceptors (Lipinski definition) is 3. The number of aliphatic hydroxyl groups is 3. The van der Waals surface area contributed by atoms with E-state index in [-0.39, 0.29) is 0 Å².